The van der Waals surface area contributed by atoms with Crippen LogP contribution in [0.2, 0.25) is 0 Å². The Morgan fingerprint density at radius 1 is 1.03 bits per heavy atom. The summed E-state index contributed by atoms with van der Waals surface area (Å²) in [4.78, 5) is 66.4. The van der Waals surface area contributed by atoms with Crippen LogP contribution in [0.4, 0.5) is 0 Å². The smallest absolute Gasteiger partial charge is 0.235 e. The molecular weight excluding hydrogens is 486 g/mol. The summed E-state index contributed by atoms with van der Waals surface area (Å²) in [5.41, 5.74) is 7.07. The normalized spacial score (nSPS) is 30.6. The van der Waals surface area contributed by atoms with E-state index in [0.29, 0.717) is 5.56 Å². The molecule has 2 unspecified atom stereocenters. The maximum absolute atomic E-state index is 13.9. The van der Waals surface area contributed by atoms with Gasteiger partial charge in [-0.1, -0.05) is 38.1 Å². The minimum Gasteiger partial charge on any atom is -0.507 e. The van der Waals surface area contributed by atoms with Gasteiger partial charge in [-0.05, 0) is 72.4 Å². The third kappa shape index (κ3) is 3.42. The lowest BCUT2D eigenvalue weighted by molar-refractivity contribution is -0.182. The Balaban J connectivity index is 1.66. The summed E-state index contributed by atoms with van der Waals surface area (Å²) in [5.74, 6) is -11.5. The number of benzene rings is 2. The molecule has 38 heavy (non-hydrogen) atoms. The summed E-state index contributed by atoms with van der Waals surface area (Å²) in [5, 5.41) is 22.4. The number of carbonyl (C=O) groups excluding carboxylic acids is 5. The number of nitrogens with two attached hydrogens (primary N) is 1. The molecule has 6 atom stereocenters. The van der Waals surface area contributed by atoms with Crippen LogP contribution in [0.5, 0.6) is 5.75 Å². The van der Waals surface area contributed by atoms with E-state index in [4.69, 9.17) is 5.73 Å². The standard InChI is InChI=1S/C30H31NO7/c1-12(2)21-19-11-16-10-18-17(15-6-5-13(3)14(4)9-15)7-8-20(32)23(18)26(34)22(16)27(35)30(19,38)28(36)24(25(21)33)29(31)37/h5-9,12,16,19,21-22,24,32,38H,10-11H2,1-4H3,(H2,31,37)/t16-,19-,21-,22?,24?,30-/m0/s1. The summed E-state index contributed by atoms with van der Waals surface area (Å²) < 4.78 is 0. The molecule has 8 heteroatoms. The number of primary amides is 1. The van der Waals surface area contributed by atoms with Crippen molar-refractivity contribution in [1.82, 2.24) is 0 Å². The van der Waals surface area contributed by atoms with Gasteiger partial charge in [0.15, 0.2) is 34.7 Å². The molecule has 198 valence electrons. The quantitative estimate of drug-likeness (QED) is 0.529. The van der Waals surface area contributed by atoms with E-state index < -0.39 is 64.2 Å². The first kappa shape index (κ1) is 26.0. The largest absolute Gasteiger partial charge is 0.507 e. The van der Waals surface area contributed by atoms with Crippen molar-refractivity contribution in [3.05, 3.63) is 52.6 Å². The number of phenols is 1. The van der Waals surface area contributed by atoms with Crippen LogP contribution in [0.3, 0.4) is 0 Å². The highest BCUT2D eigenvalue weighted by molar-refractivity contribution is 6.32. The van der Waals surface area contributed by atoms with Crippen LogP contribution in [-0.4, -0.2) is 44.9 Å². The number of aromatic hydroxyl groups is 1. The number of phenolic OH excluding ortho intramolecular Hbond substituents is 1. The summed E-state index contributed by atoms with van der Waals surface area (Å²) in [7, 11) is 0. The van der Waals surface area contributed by atoms with Crippen molar-refractivity contribution < 1.29 is 34.2 Å². The predicted molar refractivity (Wildman–Crippen MR) is 137 cm³/mol. The van der Waals surface area contributed by atoms with Crippen molar-refractivity contribution in [3.8, 4) is 16.9 Å². The van der Waals surface area contributed by atoms with E-state index >= 15 is 0 Å². The van der Waals surface area contributed by atoms with Crippen LogP contribution in [0.1, 0.15) is 47.3 Å². The second-order valence-corrected chi connectivity index (χ2v) is 11.4. The van der Waals surface area contributed by atoms with Crippen LogP contribution in [0.15, 0.2) is 30.3 Å². The molecule has 2 aromatic carbocycles. The third-order valence-corrected chi connectivity index (χ3v) is 9.01. The Hall–Kier alpha value is -3.65. The van der Waals surface area contributed by atoms with Crippen molar-refractivity contribution >= 4 is 29.0 Å². The average molecular weight is 518 g/mol. The Morgan fingerprint density at radius 2 is 1.71 bits per heavy atom. The first-order chi connectivity index (χ1) is 17.8. The van der Waals surface area contributed by atoms with Crippen LogP contribution in [0.25, 0.3) is 11.1 Å². The van der Waals surface area contributed by atoms with Gasteiger partial charge in [-0.2, -0.15) is 0 Å². The summed E-state index contributed by atoms with van der Waals surface area (Å²) in [6.07, 6.45) is 0.305. The first-order valence-corrected chi connectivity index (χ1v) is 12.9. The minimum absolute atomic E-state index is 0.00331. The molecule has 3 aliphatic carbocycles. The number of aliphatic hydroxyl groups is 1. The zero-order valence-corrected chi connectivity index (χ0v) is 21.8. The number of hydrogen-bond acceptors (Lipinski definition) is 7. The van der Waals surface area contributed by atoms with Crippen LogP contribution in [-0.2, 0) is 25.6 Å². The Bertz CT molecular complexity index is 1440. The summed E-state index contributed by atoms with van der Waals surface area (Å²) in [6.45, 7) is 7.43. The molecular formula is C30H31NO7. The first-order valence-electron chi connectivity index (χ1n) is 12.9. The maximum Gasteiger partial charge on any atom is 0.235 e. The van der Waals surface area contributed by atoms with Crippen molar-refractivity contribution in [2.24, 2.45) is 41.2 Å². The van der Waals surface area contributed by atoms with E-state index in [1.165, 1.54) is 6.07 Å². The number of ketones is 4. The summed E-state index contributed by atoms with van der Waals surface area (Å²) >= 11 is 0. The molecule has 3 aliphatic rings. The van der Waals surface area contributed by atoms with Gasteiger partial charge in [0.25, 0.3) is 0 Å². The zero-order valence-electron chi connectivity index (χ0n) is 21.8. The Labute approximate surface area is 220 Å². The van der Waals surface area contributed by atoms with E-state index in [1.807, 2.05) is 32.0 Å². The van der Waals surface area contributed by atoms with Crippen molar-refractivity contribution in [3.63, 3.8) is 0 Å². The molecule has 0 radical (unpaired) electrons. The van der Waals surface area contributed by atoms with Crippen molar-refractivity contribution in [2.75, 3.05) is 0 Å². The molecule has 0 spiro atoms. The fourth-order valence-electron chi connectivity index (χ4n) is 7.03. The predicted octanol–water partition coefficient (Wildman–Crippen LogP) is 2.49. The van der Waals surface area contributed by atoms with Gasteiger partial charge in [0.05, 0.1) is 11.5 Å². The lowest BCUT2D eigenvalue weighted by atomic mass is 9.49. The second kappa shape index (κ2) is 8.70. The van der Waals surface area contributed by atoms with E-state index in [2.05, 4.69) is 0 Å². The number of fused-ring (bicyclic) bond motifs is 3. The molecule has 0 saturated heterocycles. The number of carbonyl (C=O) groups is 5. The molecule has 0 bridgehead atoms. The fraction of sp³-hybridized carbons (Fsp3) is 0.433. The number of hydrogen-bond donors (Lipinski definition) is 3. The van der Waals surface area contributed by atoms with Gasteiger partial charge in [-0.15, -0.1) is 0 Å². The van der Waals surface area contributed by atoms with Crippen molar-refractivity contribution in [2.45, 2.75) is 46.1 Å². The maximum atomic E-state index is 13.9. The molecule has 8 nitrogen and oxygen atoms in total. The Kier molecular flexibility index (Phi) is 5.95. The molecule has 4 N–H and O–H groups in total. The fourth-order valence-corrected chi connectivity index (χ4v) is 7.03. The van der Waals surface area contributed by atoms with Gasteiger partial charge < -0.3 is 15.9 Å². The number of amides is 1. The summed E-state index contributed by atoms with van der Waals surface area (Å²) in [6, 6.07) is 9.07. The van der Waals surface area contributed by atoms with E-state index in [1.54, 1.807) is 19.9 Å². The highest BCUT2D eigenvalue weighted by atomic mass is 16.3. The SMILES string of the molecule is Cc1ccc(-c2ccc(O)c3c2C[C@H]2C[C@H]4[C@H](C(C)C)C(=O)C(C(N)=O)C(=O)[C@@]4(O)C(=O)C2C3=O)cc1C. The van der Waals surface area contributed by atoms with Crippen molar-refractivity contribution in [1.29, 1.82) is 0 Å². The molecule has 0 aromatic heterocycles. The van der Waals surface area contributed by atoms with Gasteiger partial charge in [-0.25, -0.2) is 0 Å². The molecule has 0 heterocycles. The molecule has 2 aromatic rings. The van der Waals surface area contributed by atoms with E-state index in [-0.39, 0.29) is 30.1 Å². The van der Waals surface area contributed by atoms with Gasteiger partial charge in [0.2, 0.25) is 5.91 Å². The third-order valence-electron chi connectivity index (χ3n) is 9.01. The van der Waals surface area contributed by atoms with Gasteiger partial charge in [0, 0.05) is 11.8 Å². The monoisotopic (exact) mass is 517 g/mol. The number of aryl methyl sites for hydroxylation is 2. The molecule has 2 saturated carbocycles. The molecule has 0 aliphatic heterocycles. The Morgan fingerprint density at radius 3 is 2.32 bits per heavy atom. The number of Topliss-reactive ketones (excluding diaryl/α,β-unsaturated/α-hetero) is 4. The average Bonchev–Trinajstić information content (AvgIpc) is 2.83. The van der Waals surface area contributed by atoms with Gasteiger partial charge >= 0.3 is 0 Å². The zero-order chi connectivity index (χ0) is 27.8. The lowest BCUT2D eigenvalue weighted by Gasteiger charge is -2.52. The van der Waals surface area contributed by atoms with Crippen LogP contribution < -0.4 is 5.73 Å². The minimum atomic E-state index is -2.68. The van der Waals surface area contributed by atoms with Gasteiger partial charge in [0.1, 0.15) is 5.75 Å². The van der Waals surface area contributed by atoms with Crippen LogP contribution in [0, 0.1) is 49.4 Å². The molecule has 2 fully saturated rings. The molecule has 1 amide bonds. The molecule has 5 rings (SSSR count). The lowest BCUT2D eigenvalue weighted by Crippen LogP contribution is -2.71. The van der Waals surface area contributed by atoms with E-state index in [0.717, 1.165) is 22.3 Å². The highest BCUT2D eigenvalue weighted by Gasteiger charge is 2.69. The van der Waals surface area contributed by atoms with Gasteiger partial charge in [-0.3, -0.25) is 24.0 Å². The second-order valence-electron chi connectivity index (χ2n) is 11.4. The van der Waals surface area contributed by atoms with E-state index in [9.17, 15) is 34.2 Å². The topological polar surface area (TPSA) is 152 Å². The van der Waals surface area contributed by atoms with Crippen LogP contribution >= 0.6 is 0 Å². The highest BCUT2D eigenvalue weighted by Crippen LogP contribution is 2.53. The number of rotatable bonds is 3.